The number of allylic oxidation sites excluding steroid dienone is 1. The second-order valence-corrected chi connectivity index (χ2v) is 12.0. The van der Waals surface area contributed by atoms with E-state index in [1.165, 1.54) is 63.4 Å². The summed E-state index contributed by atoms with van der Waals surface area (Å²) < 4.78 is 0. The Bertz CT molecular complexity index is 630. The van der Waals surface area contributed by atoms with Crippen LogP contribution < -0.4 is 0 Å². The Hall–Kier alpha value is -0.590. The number of ketones is 1. The van der Waals surface area contributed by atoms with Gasteiger partial charge in [0, 0.05) is 6.42 Å². The number of hydrogen-bond donors (Lipinski definition) is 0. The highest BCUT2D eigenvalue weighted by Gasteiger charge is 2.59. The lowest BCUT2D eigenvalue weighted by molar-refractivity contribution is -0.117. The molecule has 0 aliphatic heterocycles. The van der Waals surface area contributed by atoms with Crippen molar-refractivity contribution in [1.82, 2.24) is 0 Å². The predicted molar refractivity (Wildman–Crippen MR) is 118 cm³/mol. The van der Waals surface area contributed by atoms with Crippen LogP contribution in [0.2, 0.25) is 0 Å². The Morgan fingerprint density at radius 1 is 0.964 bits per heavy atom. The molecule has 4 aliphatic carbocycles. The van der Waals surface area contributed by atoms with Gasteiger partial charge < -0.3 is 0 Å². The lowest BCUT2D eigenvalue weighted by Crippen LogP contribution is -2.50. The fourth-order valence-electron chi connectivity index (χ4n) is 8.58. The molecule has 3 fully saturated rings. The van der Waals surface area contributed by atoms with Gasteiger partial charge >= 0.3 is 0 Å². The third-order valence-corrected chi connectivity index (χ3v) is 10.2. The highest BCUT2D eigenvalue weighted by atomic mass is 16.1. The molecule has 0 bridgehead atoms. The van der Waals surface area contributed by atoms with Crippen LogP contribution in [0.25, 0.3) is 0 Å². The molecule has 7 atom stereocenters. The third kappa shape index (κ3) is 3.33. The minimum atomic E-state index is 0.332. The van der Waals surface area contributed by atoms with Crippen molar-refractivity contribution in [2.75, 3.05) is 0 Å². The highest BCUT2D eigenvalue weighted by molar-refractivity contribution is 5.91. The summed E-state index contributed by atoms with van der Waals surface area (Å²) in [6.45, 7) is 12.5. The number of hydrogen-bond acceptors (Lipinski definition) is 1. The van der Waals surface area contributed by atoms with E-state index in [9.17, 15) is 4.79 Å². The zero-order chi connectivity index (χ0) is 20.1. The maximum atomic E-state index is 12.0. The van der Waals surface area contributed by atoms with Gasteiger partial charge in [0.25, 0.3) is 0 Å². The Balaban J connectivity index is 1.49. The van der Waals surface area contributed by atoms with Crippen molar-refractivity contribution in [2.45, 2.75) is 105 Å². The topological polar surface area (TPSA) is 17.1 Å². The lowest BCUT2D eigenvalue weighted by atomic mass is 9.46. The molecule has 3 saturated carbocycles. The van der Waals surface area contributed by atoms with Crippen LogP contribution in [0.3, 0.4) is 0 Å². The quantitative estimate of drug-likeness (QED) is 0.477. The molecular weight excluding hydrogens is 340 g/mol. The van der Waals surface area contributed by atoms with E-state index < -0.39 is 0 Å². The van der Waals surface area contributed by atoms with Crippen molar-refractivity contribution in [1.29, 1.82) is 0 Å². The van der Waals surface area contributed by atoms with E-state index in [0.29, 0.717) is 16.6 Å². The number of carbonyl (C=O) groups is 1. The van der Waals surface area contributed by atoms with Gasteiger partial charge in [-0.3, -0.25) is 4.79 Å². The second-order valence-electron chi connectivity index (χ2n) is 12.0. The SMILES string of the molecule is CC(C)CCC[C@@H](C)[C@H]1CC[C@H]2[C@@H]3CCC4=CC(=O)CC[C@@]4(C)[C@@H]3CC[C@]12C. The van der Waals surface area contributed by atoms with Crippen LogP contribution in [0, 0.1) is 46.3 Å². The monoisotopic (exact) mass is 384 g/mol. The molecule has 4 aliphatic rings. The van der Waals surface area contributed by atoms with Gasteiger partial charge in [-0.05, 0) is 97.4 Å². The van der Waals surface area contributed by atoms with Gasteiger partial charge in [0.05, 0.1) is 0 Å². The average Bonchev–Trinajstić information content (AvgIpc) is 2.99. The molecule has 0 aromatic rings. The lowest BCUT2D eigenvalue weighted by Gasteiger charge is -2.58. The number of rotatable bonds is 5. The summed E-state index contributed by atoms with van der Waals surface area (Å²) in [5.41, 5.74) is 2.43. The molecule has 0 aromatic heterocycles. The van der Waals surface area contributed by atoms with E-state index in [0.717, 1.165) is 48.3 Å². The van der Waals surface area contributed by atoms with Gasteiger partial charge in [0.2, 0.25) is 0 Å². The first-order valence-electron chi connectivity index (χ1n) is 12.5. The molecule has 158 valence electrons. The molecule has 1 heteroatoms. The van der Waals surface area contributed by atoms with E-state index in [1.54, 1.807) is 0 Å². The van der Waals surface area contributed by atoms with Gasteiger partial charge in [0.15, 0.2) is 5.78 Å². The van der Waals surface area contributed by atoms with Crippen molar-refractivity contribution in [3.63, 3.8) is 0 Å². The Labute approximate surface area is 174 Å². The van der Waals surface area contributed by atoms with Crippen molar-refractivity contribution >= 4 is 5.78 Å². The Morgan fingerprint density at radius 3 is 2.50 bits per heavy atom. The van der Waals surface area contributed by atoms with Gasteiger partial charge in [-0.15, -0.1) is 0 Å². The van der Waals surface area contributed by atoms with E-state index in [-0.39, 0.29) is 0 Å². The molecule has 0 unspecified atom stereocenters. The summed E-state index contributed by atoms with van der Waals surface area (Å²) in [6.07, 6.45) is 16.6. The minimum Gasteiger partial charge on any atom is -0.295 e. The second kappa shape index (κ2) is 7.59. The maximum absolute atomic E-state index is 12.0. The van der Waals surface area contributed by atoms with Crippen LogP contribution in [0.15, 0.2) is 11.6 Å². The first kappa shape index (κ1) is 20.7. The average molecular weight is 385 g/mol. The molecule has 0 aromatic carbocycles. The predicted octanol–water partition coefficient (Wildman–Crippen LogP) is 7.60. The molecular formula is C27H44O. The summed E-state index contributed by atoms with van der Waals surface area (Å²) >= 11 is 0. The Morgan fingerprint density at radius 2 is 1.75 bits per heavy atom. The molecule has 0 spiro atoms. The summed E-state index contributed by atoms with van der Waals surface area (Å²) in [5, 5.41) is 0. The molecule has 1 nitrogen and oxygen atoms in total. The maximum Gasteiger partial charge on any atom is 0.155 e. The van der Waals surface area contributed by atoms with Crippen LogP contribution in [0.1, 0.15) is 105 Å². The molecule has 4 rings (SSSR count). The van der Waals surface area contributed by atoms with Crippen LogP contribution in [-0.2, 0) is 4.79 Å². The third-order valence-electron chi connectivity index (χ3n) is 10.2. The van der Waals surface area contributed by atoms with Crippen LogP contribution in [-0.4, -0.2) is 5.78 Å². The molecule has 0 N–H and O–H groups in total. The summed E-state index contributed by atoms with van der Waals surface area (Å²) in [5.74, 6) is 5.79. The standard InChI is InChI=1S/C27H44O/c1-18(2)7-6-8-19(3)23-11-12-24-22-10-9-20-17-21(28)13-15-26(20,4)25(22)14-16-27(23,24)5/h17-19,22-25H,6-16H2,1-5H3/t19-,22+,23-,24+,25-,26-,27-/m1/s1. The number of carbonyl (C=O) groups excluding carboxylic acids is 1. The van der Waals surface area contributed by atoms with Crippen LogP contribution >= 0.6 is 0 Å². The number of fused-ring (bicyclic) bond motifs is 5. The molecule has 28 heavy (non-hydrogen) atoms. The van der Waals surface area contributed by atoms with Crippen molar-refractivity contribution < 1.29 is 4.79 Å². The molecule has 0 heterocycles. The summed E-state index contributed by atoms with van der Waals surface area (Å²) in [4.78, 5) is 12.0. The van der Waals surface area contributed by atoms with E-state index in [4.69, 9.17) is 0 Å². The van der Waals surface area contributed by atoms with Gasteiger partial charge in [-0.2, -0.15) is 0 Å². The zero-order valence-corrected chi connectivity index (χ0v) is 19.2. The van der Waals surface area contributed by atoms with Crippen LogP contribution in [0.4, 0.5) is 0 Å². The first-order chi connectivity index (χ1) is 13.3. The highest BCUT2D eigenvalue weighted by Crippen LogP contribution is 2.67. The fraction of sp³-hybridized carbons (Fsp3) is 0.889. The normalized spacial score (nSPS) is 43.9. The zero-order valence-electron chi connectivity index (χ0n) is 19.2. The molecule has 0 radical (unpaired) electrons. The fourth-order valence-corrected chi connectivity index (χ4v) is 8.58. The summed E-state index contributed by atoms with van der Waals surface area (Å²) in [6, 6.07) is 0. The summed E-state index contributed by atoms with van der Waals surface area (Å²) in [7, 11) is 0. The van der Waals surface area contributed by atoms with E-state index in [1.807, 2.05) is 0 Å². The smallest absolute Gasteiger partial charge is 0.155 e. The Kier molecular flexibility index (Phi) is 5.60. The molecule has 0 saturated heterocycles. The first-order valence-corrected chi connectivity index (χ1v) is 12.5. The van der Waals surface area contributed by atoms with Gasteiger partial charge in [-0.1, -0.05) is 59.5 Å². The molecule has 0 amide bonds. The van der Waals surface area contributed by atoms with Crippen LogP contribution in [0.5, 0.6) is 0 Å². The van der Waals surface area contributed by atoms with Crippen molar-refractivity contribution in [3.05, 3.63) is 11.6 Å². The largest absolute Gasteiger partial charge is 0.295 e. The van der Waals surface area contributed by atoms with Gasteiger partial charge in [-0.25, -0.2) is 0 Å². The van der Waals surface area contributed by atoms with Crippen molar-refractivity contribution in [2.24, 2.45) is 46.3 Å². The van der Waals surface area contributed by atoms with Gasteiger partial charge in [0.1, 0.15) is 0 Å². The van der Waals surface area contributed by atoms with E-state index >= 15 is 0 Å². The van der Waals surface area contributed by atoms with Crippen molar-refractivity contribution in [3.8, 4) is 0 Å². The minimum absolute atomic E-state index is 0.332. The van der Waals surface area contributed by atoms with E-state index in [2.05, 4.69) is 40.7 Å².